The van der Waals surface area contributed by atoms with Crippen molar-refractivity contribution >= 4 is 29.0 Å². The van der Waals surface area contributed by atoms with Crippen LogP contribution in [0.2, 0.25) is 5.02 Å². The number of nitrogens with one attached hydrogen (secondary N) is 1. The highest BCUT2D eigenvalue weighted by molar-refractivity contribution is 6.30. The number of carbonyl (C=O) groups excluding carboxylic acids is 2. The molecule has 3 nitrogen and oxygen atoms in total. The standard InChI is InChI=1S/C15H12ClNO2/c16-12-8-6-11(7-9-12)14(18)10-15(19)17-13-4-2-1-3-5-13/h1-9H,10H2,(H,17,19). The monoisotopic (exact) mass is 273 g/mol. The molecule has 0 aromatic heterocycles. The highest BCUT2D eigenvalue weighted by Crippen LogP contribution is 2.12. The molecule has 0 aliphatic rings. The number of rotatable bonds is 4. The molecule has 0 fully saturated rings. The smallest absolute Gasteiger partial charge is 0.232 e. The number of ketones is 1. The Balaban J connectivity index is 1.95. The van der Waals surface area contributed by atoms with Crippen LogP contribution in [-0.2, 0) is 4.79 Å². The number of hydrogen-bond donors (Lipinski definition) is 1. The lowest BCUT2D eigenvalue weighted by Crippen LogP contribution is -2.16. The van der Waals surface area contributed by atoms with Gasteiger partial charge in [-0.2, -0.15) is 0 Å². The molecule has 0 unspecified atom stereocenters. The van der Waals surface area contributed by atoms with Gasteiger partial charge in [0.15, 0.2) is 5.78 Å². The fourth-order valence-electron chi connectivity index (χ4n) is 1.61. The largest absolute Gasteiger partial charge is 0.326 e. The molecule has 0 aliphatic heterocycles. The number of Topliss-reactive ketones (excluding diaryl/α,β-unsaturated/α-hetero) is 1. The molecular formula is C15H12ClNO2. The predicted octanol–water partition coefficient (Wildman–Crippen LogP) is 3.55. The van der Waals surface area contributed by atoms with Crippen LogP contribution in [0.3, 0.4) is 0 Å². The third-order valence-corrected chi connectivity index (χ3v) is 2.80. The number of carbonyl (C=O) groups is 2. The Hall–Kier alpha value is -2.13. The van der Waals surface area contributed by atoms with Crippen molar-refractivity contribution in [2.75, 3.05) is 5.32 Å². The Morgan fingerprint density at radius 1 is 0.947 bits per heavy atom. The van der Waals surface area contributed by atoms with Crippen molar-refractivity contribution in [1.29, 1.82) is 0 Å². The predicted molar refractivity (Wildman–Crippen MR) is 75.5 cm³/mol. The summed E-state index contributed by atoms with van der Waals surface area (Å²) >= 11 is 5.74. The van der Waals surface area contributed by atoms with Crippen LogP contribution in [0.4, 0.5) is 5.69 Å². The van der Waals surface area contributed by atoms with Gasteiger partial charge in [-0.3, -0.25) is 9.59 Å². The van der Waals surface area contributed by atoms with Gasteiger partial charge in [0.05, 0.1) is 6.42 Å². The molecule has 4 heteroatoms. The molecule has 0 aliphatic carbocycles. The van der Waals surface area contributed by atoms with E-state index in [0.29, 0.717) is 16.3 Å². The fourth-order valence-corrected chi connectivity index (χ4v) is 1.74. The molecule has 96 valence electrons. The van der Waals surface area contributed by atoms with E-state index in [1.54, 1.807) is 36.4 Å². The molecule has 0 spiro atoms. The first-order chi connectivity index (χ1) is 9.15. The Morgan fingerprint density at radius 3 is 2.21 bits per heavy atom. The van der Waals surface area contributed by atoms with Crippen molar-refractivity contribution < 1.29 is 9.59 Å². The van der Waals surface area contributed by atoms with Gasteiger partial charge in [0.25, 0.3) is 0 Å². The second-order valence-corrected chi connectivity index (χ2v) is 4.46. The SMILES string of the molecule is O=C(CC(=O)c1ccc(Cl)cc1)Nc1ccccc1. The summed E-state index contributed by atoms with van der Waals surface area (Å²) in [5, 5.41) is 3.23. The first-order valence-corrected chi connectivity index (χ1v) is 6.16. The van der Waals surface area contributed by atoms with Crippen molar-refractivity contribution in [3.05, 3.63) is 65.2 Å². The summed E-state index contributed by atoms with van der Waals surface area (Å²) in [4.78, 5) is 23.6. The van der Waals surface area contributed by atoms with E-state index in [4.69, 9.17) is 11.6 Å². The van der Waals surface area contributed by atoms with Gasteiger partial charge in [0, 0.05) is 16.3 Å². The third kappa shape index (κ3) is 3.93. The minimum Gasteiger partial charge on any atom is -0.326 e. The fraction of sp³-hybridized carbons (Fsp3) is 0.0667. The van der Waals surface area contributed by atoms with Crippen LogP contribution in [0.5, 0.6) is 0 Å². The second-order valence-electron chi connectivity index (χ2n) is 4.02. The lowest BCUT2D eigenvalue weighted by Gasteiger charge is -2.04. The lowest BCUT2D eigenvalue weighted by molar-refractivity contribution is -0.115. The van der Waals surface area contributed by atoms with Crippen LogP contribution < -0.4 is 5.32 Å². The Labute approximate surface area is 116 Å². The molecule has 2 aromatic carbocycles. The summed E-state index contributed by atoms with van der Waals surface area (Å²) in [6.45, 7) is 0. The van der Waals surface area contributed by atoms with E-state index in [1.807, 2.05) is 18.2 Å². The van der Waals surface area contributed by atoms with Gasteiger partial charge < -0.3 is 5.32 Å². The van der Waals surface area contributed by atoms with E-state index in [9.17, 15) is 9.59 Å². The summed E-state index contributed by atoms with van der Waals surface area (Å²) in [6.07, 6.45) is -0.184. The summed E-state index contributed by atoms with van der Waals surface area (Å²) in [5.41, 5.74) is 1.16. The number of amides is 1. The Morgan fingerprint density at radius 2 is 1.58 bits per heavy atom. The summed E-state index contributed by atoms with van der Waals surface area (Å²) < 4.78 is 0. The van der Waals surface area contributed by atoms with Crippen LogP contribution in [0.15, 0.2) is 54.6 Å². The van der Waals surface area contributed by atoms with Gasteiger partial charge >= 0.3 is 0 Å². The van der Waals surface area contributed by atoms with Crippen molar-refractivity contribution in [1.82, 2.24) is 0 Å². The molecule has 0 saturated heterocycles. The van der Waals surface area contributed by atoms with Crippen LogP contribution in [0.1, 0.15) is 16.8 Å². The molecule has 1 N–H and O–H groups in total. The molecule has 0 heterocycles. The van der Waals surface area contributed by atoms with Gasteiger partial charge in [-0.05, 0) is 36.4 Å². The maximum absolute atomic E-state index is 11.9. The number of benzene rings is 2. The highest BCUT2D eigenvalue weighted by atomic mass is 35.5. The number of anilines is 1. The van der Waals surface area contributed by atoms with E-state index in [2.05, 4.69) is 5.32 Å². The molecule has 0 radical (unpaired) electrons. The van der Waals surface area contributed by atoms with Gasteiger partial charge in [0.2, 0.25) is 5.91 Å². The number of hydrogen-bond acceptors (Lipinski definition) is 2. The van der Waals surface area contributed by atoms with E-state index in [0.717, 1.165) is 0 Å². The molecule has 2 aromatic rings. The molecule has 2 rings (SSSR count). The molecular weight excluding hydrogens is 262 g/mol. The quantitative estimate of drug-likeness (QED) is 0.684. The van der Waals surface area contributed by atoms with Crippen LogP contribution in [-0.4, -0.2) is 11.7 Å². The maximum Gasteiger partial charge on any atom is 0.232 e. The van der Waals surface area contributed by atoms with Crippen molar-refractivity contribution in [2.24, 2.45) is 0 Å². The highest BCUT2D eigenvalue weighted by Gasteiger charge is 2.11. The van der Waals surface area contributed by atoms with Gasteiger partial charge in [0.1, 0.15) is 0 Å². The zero-order valence-corrected chi connectivity index (χ0v) is 10.9. The summed E-state index contributed by atoms with van der Waals surface area (Å²) in [5.74, 6) is -0.559. The lowest BCUT2D eigenvalue weighted by atomic mass is 10.1. The molecule has 0 atom stereocenters. The first kappa shape index (κ1) is 13.3. The Kier molecular flexibility index (Phi) is 4.31. The summed E-state index contributed by atoms with van der Waals surface area (Å²) in [6, 6.07) is 15.5. The minimum atomic E-state index is -0.328. The average Bonchev–Trinajstić information content (AvgIpc) is 2.40. The van der Waals surface area contributed by atoms with Gasteiger partial charge in [-0.25, -0.2) is 0 Å². The number of halogens is 1. The number of para-hydroxylation sites is 1. The third-order valence-electron chi connectivity index (χ3n) is 2.54. The van der Waals surface area contributed by atoms with E-state index in [-0.39, 0.29) is 18.1 Å². The molecule has 0 saturated carbocycles. The van der Waals surface area contributed by atoms with Crippen LogP contribution in [0, 0.1) is 0 Å². The van der Waals surface area contributed by atoms with E-state index < -0.39 is 0 Å². The summed E-state index contributed by atoms with van der Waals surface area (Å²) in [7, 11) is 0. The first-order valence-electron chi connectivity index (χ1n) is 5.79. The molecule has 1 amide bonds. The normalized spacial score (nSPS) is 9.95. The minimum absolute atomic E-state index is 0.184. The van der Waals surface area contributed by atoms with E-state index in [1.165, 1.54) is 0 Å². The van der Waals surface area contributed by atoms with E-state index >= 15 is 0 Å². The van der Waals surface area contributed by atoms with Crippen molar-refractivity contribution in [2.45, 2.75) is 6.42 Å². The Bertz CT molecular complexity index is 579. The van der Waals surface area contributed by atoms with Crippen molar-refractivity contribution in [3.8, 4) is 0 Å². The van der Waals surface area contributed by atoms with Gasteiger partial charge in [-0.15, -0.1) is 0 Å². The molecule has 19 heavy (non-hydrogen) atoms. The topological polar surface area (TPSA) is 46.2 Å². The van der Waals surface area contributed by atoms with Crippen LogP contribution >= 0.6 is 11.6 Å². The van der Waals surface area contributed by atoms with Crippen molar-refractivity contribution in [3.63, 3.8) is 0 Å². The van der Waals surface area contributed by atoms with Gasteiger partial charge in [-0.1, -0.05) is 29.8 Å². The zero-order valence-electron chi connectivity index (χ0n) is 10.1. The second kappa shape index (κ2) is 6.16. The molecule has 0 bridgehead atoms. The van der Waals surface area contributed by atoms with Crippen LogP contribution in [0.25, 0.3) is 0 Å². The maximum atomic E-state index is 11.9. The average molecular weight is 274 g/mol. The zero-order chi connectivity index (χ0) is 13.7.